The van der Waals surface area contributed by atoms with Crippen molar-refractivity contribution in [2.24, 2.45) is 0 Å². The Hall–Kier alpha value is -2.70. The molecule has 0 unspecified atom stereocenters. The lowest BCUT2D eigenvalue weighted by Gasteiger charge is -2.14. The topological polar surface area (TPSA) is 90.3 Å². The summed E-state index contributed by atoms with van der Waals surface area (Å²) in [6, 6.07) is 6.95. The zero-order chi connectivity index (χ0) is 19.6. The summed E-state index contributed by atoms with van der Waals surface area (Å²) in [6.45, 7) is 3.46. The van der Waals surface area contributed by atoms with Crippen molar-refractivity contribution in [1.82, 2.24) is 14.9 Å². The minimum absolute atomic E-state index is 0.0420. The first-order valence-corrected chi connectivity index (χ1v) is 9.40. The summed E-state index contributed by atoms with van der Waals surface area (Å²) in [4.78, 5) is 40.3. The van der Waals surface area contributed by atoms with E-state index in [1.807, 2.05) is 6.92 Å². The third-order valence-electron chi connectivity index (χ3n) is 4.29. The number of rotatable bonds is 10. The van der Waals surface area contributed by atoms with Crippen molar-refractivity contribution in [2.75, 3.05) is 6.61 Å². The Morgan fingerprint density at radius 2 is 2.00 bits per heavy atom. The van der Waals surface area contributed by atoms with Crippen molar-refractivity contribution in [3.05, 3.63) is 40.9 Å². The molecule has 2 aromatic rings. The van der Waals surface area contributed by atoms with Gasteiger partial charge in [-0.25, -0.2) is 4.98 Å². The molecular formula is C20H27N3O4. The van der Waals surface area contributed by atoms with Crippen LogP contribution in [0.4, 0.5) is 0 Å². The van der Waals surface area contributed by atoms with E-state index in [9.17, 15) is 14.4 Å². The maximum atomic E-state index is 12.3. The highest BCUT2D eigenvalue weighted by Crippen LogP contribution is 2.06. The molecule has 0 aliphatic heterocycles. The van der Waals surface area contributed by atoms with E-state index in [2.05, 4.69) is 17.2 Å². The van der Waals surface area contributed by atoms with Gasteiger partial charge in [0.05, 0.1) is 17.2 Å². The predicted molar refractivity (Wildman–Crippen MR) is 103 cm³/mol. The molecule has 0 saturated carbocycles. The van der Waals surface area contributed by atoms with E-state index in [0.717, 1.165) is 19.3 Å². The van der Waals surface area contributed by atoms with Gasteiger partial charge in [-0.3, -0.25) is 19.0 Å². The molecule has 0 radical (unpaired) electrons. The molecule has 146 valence electrons. The molecule has 0 saturated heterocycles. The summed E-state index contributed by atoms with van der Waals surface area (Å²) in [5.41, 5.74) is 0.252. The number of carbonyl (C=O) groups is 2. The van der Waals surface area contributed by atoms with Gasteiger partial charge in [-0.05, 0) is 25.5 Å². The second-order valence-electron chi connectivity index (χ2n) is 6.67. The number of carbonyl (C=O) groups excluding carboxylic acids is 2. The first kappa shape index (κ1) is 20.6. The SMILES string of the molecule is CCCCCC[C@H](C)NC(=O)COC(=O)Cn1cnc2ccccc2c1=O. The Bertz CT molecular complexity index is 831. The highest BCUT2D eigenvalue weighted by atomic mass is 16.5. The van der Waals surface area contributed by atoms with E-state index in [4.69, 9.17) is 4.74 Å². The Morgan fingerprint density at radius 3 is 2.78 bits per heavy atom. The van der Waals surface area contributed by atoms with Crippen molar-refractivity contribution >= 4 is 22.8 Å². The van der Waals surface area contributed by atoms with Crippen LogP contribution in [0.3, 0.4) is 0 Å². The number of amides is 1. The summed E-state index contributed by atoms with van der Waals surface area (Å²) in [5, 5.41) is 3.25. The molecule has 27 heavy (non-hydrogen) atoms. The second kappa shape index (κ2) is 10.4. The number of para-hydroxylation sites is 1. The third kappa shape index (κ3) is 6.51. The number of unbranched alkanes of at least 4 members (excludes halogenated alkanes) is 3. The molecule has 1 amide bonds. The lowest BCUT2D eigenvalue weighted by Crippen LogP contribution is -2.36. The minimum Gasteiger partial charge on any atom is -0.454 e. The molecule has 2 rings (SSSR count). The zero-order valence-corrected chi connectivity index (χ0v) is 15.9. The van der Waals surface area contributed by atoms with Crippen LogP contribution in [-0.2, 0) is 20.9 Å². The van der Waals surface area contributed by atoms with Crippen molar-refractivity contribution in [3.8, 4) is 0 Å². The standard InChI is InChI=1S/C20H27N3O4/c1-3-4-5-6-9-15(2)22-18(24)13-27-19(25)12-23-14-21-17-11-8-7-10-16(17)20(23)26/h7-8,10-11,14-15H,3-6,9,12-13H2,1-2H3,(H,22,24)/t15-/m0/s1. The monoisotopic (exact) mass is 373 g/mol. The number of aromatic nitrogens is 2. The lowest BCUT2D eigenvalue weighted by molar-refractivity contribution is -0.149. The van der Waals surface area contributed by atoms with E-state index in [1.54, 1.807) is 24.3 Å². The Kier molecular flexibility index (Phi) is 7.98. The van der Waals surface area contributed by atoms with Crippen molar-refractivity contribution in [3.63, 3.8) is 0 Å². The largest absolute Gasteiger partial charge is 0.454 e. The van der Waals surface area contributed by atoms with Gasteiger partial charge in [0.25, 0.3) is 11.5 Å². The predicted octanol–water partition coefficient (Wildman–Crippen LogP) is 2.41. The van der Waals surface area contributed by atoms with Crippen LogP contribution in [-0.4, -0.2) is 34.1 Å². The zero-order valence-electron chi connectivity index (χ0n) is 15.9. The maximum absolute atomic E-state index is 12.3. The molecule has 1 aromatic heterocycles. The fourth-order valence-corrected chi connectivity index (χ4v) is 2.82. The van der Waals surface area contributed by atoms with Gasteiger partial charge in [-0.1, -0.05) is 44.7 Å². The van der Waals surface area contributed by atoms with E-state index in [-0.39, 0.29) is 30.7 Å². The molecule has 0 bridgehead atoms. The highest BCUT2D eigenvalue weighted by Gasteiger charge is 2.12. The number of esters is 1. The van der Waals surface area contributed by atoms with E-state index in [0.29, 0.717) is 10.9 Å². The first-order chi connectivity index (χ1) is 13.0. The summed E-state index contributed by atoms with van der Waals surface area (Å²) < 4.78 is 6.16. The van der Waals surface area contributed by atoms with E-state index < -0.39 is 5.97 Å². The number of hydrogen-bond acceptors (Lipinski definition) is 5. The number of hydrogen-bond donors (Lipinski definition) is 1. The number of nitrogens with one attached hydrogen (secondary N) is 1. The van der Waals surface area contributed by atoms with Crippen LogP contribution in [0, 0.1) is 0 Å². The number of ether oxygens (including phenoxy) is 1. The molecule has 7 nitrogen and oxygen atoms in total. The average molecular weight is 373 g/mol. The molecule has 0 fully saturated rings. The number of fused-ring (bicyclic) bond motifs is 1. The summed E-state index contributed by atoms with van der Waals surface area (Å²) in [7, 11) is 0. The fourth-order valence-electron chi connectivity index (χ4n) is 2.82. The maximum Gasteiger partial charge on any atom is 0.326 e. The molecule has 1 aromatic carbocycles. The van der Waals surface area contributed by atoms with Crippen LogP contribution >= 0.6 is 0 Å². The quantitative estimate of drug-likeness (QED) is 0.510. The van der Waals surface area contributed by atoms with Gasteiger partial charge in [0.1, 0.15) is 6.54 Å². The number of nitrogens with zero attached hydrogens (tertiary/aromatic N) is 2. The van der Waals surface area contributed by atoms with Crippen molar-refractivity contribution < 1.29 is 14.3 Å². The van der Waals surface area contributed by atoms with Crippen LogP contribution in [0.2, 0.25) is 0 Å². The van der Waals surface area contributed by atoms with Crippen LogP contribution in [0.25, 0.3) is 10.9 Å². The van der Waals surface area contributed by atoms with Gasteiger partial charge in [0, 0.05) is 6.04 Å². The van der Waals surface area contributed by atoms with Gasteiger partial charge in [0.15, 0.2) is 6.61 Å². The Morgan fingerprint density at radius 1 is 1.22 bits per heavy atom. The summed E-state index contributed by atoms with van der Waals surface area (Å²) in [6.07, 6.45) is 6.79. The van der Waals surface area contributed by atoms with Crippen LogP contribution in [0.15, 0.2) is 35.4 Å². The smallest absolute Gasteiger partial charge is 0.326 e. The molecule has 7 heteroatoms. The lowest BCUT2D eigenvalue weighted by atomic mass is 10.1. The van der Waals surface area contributed by atoms with Gasteiger partial charge in [-0.15, -0.1) is 0 Å². The van der Waals surface area contributed by atoms with Gasteiger partial charge >= 0.3 is 5.97 Å². The highest BCUT2D eigenvalue weighted by molar-refractivity contribution is 5.81. The van der Waals surface area contributed by atoms with Gasteiger partial charge < -0.3 is 10.1 Å². The third-order valence-corrected chi connectivity index (χ3v) is 4.29. The fraction of sp³-hybridized carbons (Fsp3) is 0.500. The molecular weight excluding hydrogens is 346 g/mol. The summed E-state index contributed by atoms with van der Waals surface area (Å²) in [5.74, 6) is -0.991. The normalized spacial score (nSPS) is 11.9. The average Bonchev–Trinajstić information content (AvgIpc) is 2.66. The van der Waals surface area contributed by atoms with Gasteiger partial charge in [0.2, 0.25) is 0 Å². The van der Waals surface area contributed by atoms with Crippen LogP contribution in [0.1, 0.15) is 46.0 Å². The Labute approximate surface area is 158 Å². The molecule has 1 atom stereocenters. The second-order valence-corrected chi connectivity index (χ2v) is 6.67. The van der Waals surface area contributed by atoms with Crippen molar-refractivity contribution in [2.45, 2.75) is 58.5 Å². The van der Waals surface area contributed by atoms with Crippen molar-refractivity contribution in [1.29, 1.82) is 0 Å². The minimum atomic E-state index is -0.653. The Balaban J connectivity index is 1.78. The molecule has 0 aliphatic rings. The van der Waals surface area contributed by atoms with E-state index >= 15 is 0 Å². The molecule has 0 aliphatic carbocycles. The molecule has 1 N–H and O–H groups in total. The summed E-state index contributed by atoms with van der Waals surface area (Å²) >= 11 is 0. The molecule has 0 spiro atoms. The number of benzene rings is 1. The van der Waals surface area contributed by atoms with Gasteiger partial charge in [-0.2, -0.15) is 0 Å². The van der Waals surface area contributed by atoms with E-state index in [1.165, 1.54) is 23.7 Å². The van der Waals surface area contributed by atoms with Crippen LogP contribution < -0.4 is 10.9 Å². The van der Waals surface area contributed by atoms with Crippen LogP contribution in [0.5, 0.6) is 0 Å². The first-order valence-electron chi connectivity index (χ1n) is 9.40. The molecule has 1 heterocycles.